The average Bonchev–Trinajstić information content (AvgIpc) is 3.31. The summed E-state index contributed by atoms with van der Waals surface area (Å²) in [6.45, 7) is 10.00. The van der Waals surface area contributed by atoms with Crippen LogP contribution in [0, 0.1) is 23.7 Å². The highest BCUT2D eigenvalue weighted by molar-refractivity contribution is 5.84. The third kappa shape index (κ3) is 21.7. The zero-order chi connectivity index (χ0) is 55.2. The first-order valence-electron chi connectivity index (χ1n) is 25.4. The summed E-state index contributed by atoms with van der Waals surface area (Å²) in [5, 5.41) is 95.6. The molecule has 0 aromatic rings. The highest BCUT2D eigenvalue weighted by Crippen LogP contribution is 2.30. The topological polar surface area (TPSA) is 340 Å². The quantitative estimate of drug-likeness (QED) is 0.176. The molecule has 0 aliphatic carbocycles. The van der Waals surface area contributed by atoms with E-state index in [4.69, 9.17) is 29.4 Å². The molecule has 0 spiro atoms. The van der Waals surface area contributed by atoms with E-state index in [1.165, 1.54) is 19.1 Å². The van der Waals surface area contributed by atoms with E-state index in [-0.39, 0.29) is 38.0 Å². The minimum atomic E-state index is -1.91. The predicted molar refractivity (Wildman–Crippen MR) is 269 cm³/mol. The van der Waals surface area contributed by atoms with Gasteiger partial charge >= 0.3 is 11.9 Å². The van der Waals surface area contributed by atoms with Crippen LogP contribution in [0.25, 0.3) is 0 Å². The van der Waals surface area contributed by atoms with Crippen molar-refractivity contribution in [2.24, 2.45) is 29.4 Å². The van der Waals surface area contributed by atoms with Crippen LogP contribution < -0.4 is 5.73 Å². The Bertz CT molecular complexity index is 2000. The maximum absolute atomic E-state index is 13.1. The molecular formula is C54H81NO19. The van der Waals surface area contributed by atoms with Gasteiger partial charge in [0.2, 0.25) is 0 Å². The lowest BCUT2D eigenvalue weighted by Gasteiger charge is -2.41. The maximum atomic E-state index is 13.1. The first-order valence-corrected chi connectivity index (χ1v) is 25.4. The number of cyclic esters (lactones) is 1. The molecule has 0 bridgehead atoms. The number of allylic oxidation sites excluding steroid dienone is 12. The summed E-state index contributed by atoms with van der Waals surface area (Å²) >= 11 is 0. The molecule has 74 heavy (non-hydrogen) atoms. The van der Waals surface area contributed by atoms with Crippen LogP contribution in [0.3, 0.4) is 0 Å². The standard InChI is InChI=1S/C54H81NO19/c1-30-21-22-36(56)23-37(57)24-38(58)27-45(64)70-33(4)32(3)52(74-46-29-44(63)49(65)34(5)71-46)31(2)19-17-15-13-11-9-7-8-10-12-14-16-18-20-40(73-54-51(67)48(55)50(66)35(6)72-54)28-43(62)47(53(68)69)42(61)26-39(59)25-41(30)60/h7-20,30-35,37-38,40-43,46-52,54,57-58,60-62,65-67H,21-29,55H2,1-6H3,(H,68,69)/t30?,31?,32?,33?,34-,35-,37?,38?,40?,41?,42?,43?,46?,47?,48-,49-,50+,51-,52?,54?/m0/s1. The van der Waals surface area contributed by atoms with Crippen molar-refractivity contribution in [1.29, 1.82) is 0 Å². The lowest BCUT2D eigenvalue weighted by atomic mass is 9.87. The van der Waals surface area contributed by atoms with E-state index >= 15 is 0 Å². The van der Waals surface area contributed by atoms with Crippen molar-refractivity contribution in [3.05, 3.63) is 85.1 Å². The molecule has 3 heterocycles. The fourth-order valence-corrected chi connectivity index (χ4v) is 8.70. The Balaban J connectivity index is 1.85. The Morgan fingerprint density at radius 2 is 1.15 bits per heavy atom. The fraction of sp³-hybridized carbons (Fsp3) is 0.648. The van der Waals surface area contributed by atoms with Gasteiger partial charge in [-0.15, -0.1) is 0 Å². The molecule has 20 atom stereocenters. The second-order valence-corrected chi connectivity index (χ2v) is 19.8. The van der Waals surface area contributed by atoms with Crippen LogP contribution in [0.4, 0.5) is 0 Å². The van der Waals surface area contributed by atoms with Crippen LogP contribution in [0.15, 0.2) is 85.1 Å². The molecule has 3 rings (SSSR count). The first-order chi connectivity index (χ1) is 34.9. The molecular weight excluding hydrogens is 967 g/mol. The number of carbonyl (C=O) groups excluding carboxylic acids is 4. The number of carboxylic acid groups (broad SMARTS) is 1. The highest BCUT2D eigenvalue weighted by atomic mass is 16.7. The smallest absolute Gasteiger partial charge is 0.311 e. The van der Waals surface area contributed by atoms with Crippen molar-refractivity contribution >= 4 is 29.3 Å². The molecule has 3 aliphatic heterocycles. The minimum Gasteiger partial charge on any atom is -0.481 e. The molecule has 0 amide bonds. The largest absolute Gasteiger partial charge is 0.481 e. The van der Waals surface area contributed by atoms with Crippen LogP contribution in [-0.2, 0) is 47.7 Å². The van der Waals surface area contributed by atoms with E-state index in [0.29, 0.717) is 0 Å². The highest BCUT2D eigenvalue weighted by Gasteiger charge is 2.44. The van der Waals surface area contributed by atoms with E-state index in [1.807, 2.05) is 13.0 Å². The van der Waals surface area contributed by atoms with Gasteiger partial charge in [-0.1, -0.05) is 106 Å². The number of carboxylic acids is 1. The molecule has 0 aromatic carbocycles. The van der Waals surface area contributed by atoms with E-state index < -0.39 is 171 Å². The van der Waals surface area contributed by atoms with Crippen molar-refractivity contribution in [3.63, 3.8) is 0 Å². The number of ether oxygens (including phenoxy) is 5. The summed E-state index contributed by atoms with van der Waals surface area (Å²) in [5.74, 6) is -7.30. The van der Waals surface area contributed by atoms with E-state index in [2.05, 4.69) is 0 Å². The van der Waals surface area contributed by atoms with Gasteiger partial charge in [-0.2, -0.15) is 0 Å². The SMILES string of the molecule is CC1C=CC=CC=CC=CC=CC=CC=CC(OC2O[C@@H](C)[C@@H](O)[C@H](N)[C@@H]2O)CC(O)C(C(=O)O)C(O)CC(=O)CC(O)C(C)CCC(=O)CC(O)CC(O)CC(=O)OC(C)C(C)C1OC1CC(=O)[C@@H](O)[C@H](C)O1. The lowest BCUT2D eigenvalue weighted by molar-refractivity contribution is -0.277. The number of hydrogen-bond donors (Lipinski definition) is 10. The summed E-state index contributed by atoms with van der Waals surface area (Å²) in [6.07, 6.45) is 2.63. The van der Waals surface area contributed by atoms with Gasteiger partial charge in [-0.25, -0.2) is 0 Å². The Labute approximate surface area is 433 Å². The number of nitrogens with two attached hydrogens (primary N) is 1. The number of hydrogen-bond acceptors (Lipinski definition) is 19. The summed E-state index contributed by atoms with van der Waals surface area (Å²) in [7, 11) is 0. The van der Waals surface area contributed by atoms with Gasteiger partial charge in [-0.3, -0.25) is 24.0 Å². The van der Waals surface area contributed by atoms with Crippen LogP contribution in [0.5, 0.6) is 0 Å². The Kier molecular flexibility index (Phi) is 27.9. The monoisotopic (exact) mass is 1050 g/mol. The van der Waals surface area contributed by atoms with Crippen molar-refractivity contribution in [1.82, 2.24) is 0 Å². The number of rotatable bonds is 5. The Morgan fingerprint density at radius 3 is 1.73 bits per heavy atom. The molecule has 20 heteroatoms. The van der Waals surface area contributed by atoms with Gasteiger partial charge in [0.05, 0.1) is 79.9 Å². The number of ketones is 3. The van der Waals surface area contributed by atoms with Crippen LogP contribution in [-0.4, -0.2) is 173 Å². The molecule has 0 aromatic heterocycles. The van der Waals surface area contributed by atoms with Crippen molar-refractivity contribution in [2.45, 2.75) is 197 Å². The van der Waals surface area contributed by atoms with E-state index in [9.17, 15) is 69.9 Å². The summed E-state index contributed by atoms with van der Waals surface area (Å²) in [6, 6.07) is -1.16. The second kappa shape index (κ2) is 32.3. The third-order valence-corrected chi connectivity index (χ3v) is 13.5. The minimum absolute atomic E-state index is 0.0841. The van der Waals surface area contributed by atoms with Gasteiger partial charge in [0.1, 0.15) is 35.8 Å². The molecule has 2 fully saturated rings. The maximum Gasteiger partial charge on any atom is 0.311 e. The number of aliphatic carboxylic acids is 1. The van der Waals surface area contributed by atoms with Gasteiger partial charge in [0.25, 0.3) is 0 Å². The number of aliphatic hydroxyl groups excluding tert-OH is 8. The van der Waals surface area contributed by atoms with Gasteiger partial charge < -0.3 is 75.4 Å². The number of Topliss-reactive ketones (excluding diaryl/α,β-unsaturated/α-hetero) is 3. The zero-order valence-electron chi connectivity index (χ0n) is 43.2. The molecule has 3 aliphatic rings. The van der Waals surface area contributed by atoms with Crippen molar-refractivity contribution in [2.75, 3.05) is 0 Å². The molecule has 14 unspecified atom stereocenters. The van der Waals surface area contributed by atoms with Crippen molar-refractivity contribution < 1.29 is 93.6 Å². The summed E-state index contributed by atoms with van der Waals surface area (Å²) < 4.78 is 29.4. The average molecular weight is 1050 g/mol. The molecule has 0 saturated carbocycles. The molecule has 2 saturated heterocycles. The number of carbonyl (C=O) groups is 5. The first kappa shape index (κ1) is 63.9. The lowest BCUT2D eigenvalue weighted by Crippen LogP contribution is -2.61. The van der Waals surface area contributed by atoms with Crippen molar-refractivity contribution in [3.8, 4) is 0 Å². The normalized spacial score (nSPS) is 39.3. The summed E-state index contributed by atoms with van der Waals surface area (Å²) in [5.41, 5.74) is 5.99. The van der Waals surface area contributed by atoms with Gasteiger partial charge in [-0.05, 0) is 33.1 Å². The van der Waals surface area contributed by atoms with Crippen LogP contribution in [0.1, 0.15) is 99.3 Å². The van der Waals surface area contributed by atoms with Gasteiger partial charge in [0, 0.05) is 50.4 Å². The van der Waals surface area contributed by atoms with E-state index in [1.54, 1.807) is 94.5 Å². The number of esters is 1. The zero-order valence-corrected chi connectivity index (χ0v) is 43.2. The van der Waals surface area contributed by atoms with Crippen LogP contribution in [0.2, 0.25) is 0 Å². The molecule has 0 radical (unpaired) electrons. The predicted octanol–water partition coefficient (Wildman–Crippen LogP) is 2.13. The summed E-state index contributed by atoms with van der Waals surface area (Å²) in [4.78, 5) is 63.8. The van der Waals surface area contributed by atoms with Crippen LogP contribution >= 0.6 is 0 Å². The fourth-order valence-electron chi connectivity index (χ4n) is 8.70. The molecule has 20 nitrogen and oxygen atoms in total. The molecule has 416 valence electrons. The van der Waals surface area contributed by atoms with E-state index in [0.717, 1.165) is 0 Å². The van der Waals surface area contributed by atoms with Gasteiger partial charge in [0.15, 0.2) is 18.4 Å². The molecule has 11 N–H and O–H groups in total. The number of aliphatic hydroxyl groups is 8. The Morgan fingerprint density at radius 1 is 0.595 bits per heavy atom. The Hall–Kier alpha value is -4.39. The third-order valence-electron chi connectivity index (χ3n) is 13.5. The second-order valence-electron chi connectivity index (χ2n) is 19.8.